The second kappa shape index (κ2) is 7.31. The van der Waals surface area contributed by atoms with Gasteiger partial charge in [0.2, 0.25) is 11.7 Å². The van der Waals surface area contributed by atoms with Crippen LogP contribution >= 0.6 is 0 Å². The molecule has 2 heterocycles. The number of hydrogen-bond acceptors (Lipinski definition) is 5. The molecule has 0 aliphatic heterocycles. The lowest BCUT2D eigenvalue weighted by Gasteiger charge is -2.15. The zero-order valence-electron chi connectivity index (χ0n) is 13.3. The number of nitrogens with zero attached hydrogens (tertiary/aromatic N) is 3. The van der Waals surface area contributed by atoms with Crippen LogP contribution in [0.15, 0.2) is 22.9 Å². The first-order valence-corrected chi connectivity index (χ1v) is 7.58. The van der Waals surface area contributed by atoms with Crippen LogP contribution in [0.3, 0.4) is 0 Å². The van der Waals surface area contributed by atoms with Gasteiger partial charge in [0.15, 0.2) is 0 Å². The Morgan fingerprint density at radius 2 is 2.14 bits per heavy atom. The highest BCUT2D eigenvalue weighted by atomic mass is 16.5. The molecule has 2 rings (SSSR count). The van der Waals surface area contributed by atoms with Crippen molar-refractivity contribution in [1.82, 2.24) is 20.4 Å². The highest BCUT2D eigenvalue weighted by molar-refractivity contribution is 5.53. The largest absolute Gasteiger partial charge is 0.339 e. The van der Waals surface area contributed by atoms with E-state index in [2.05, 4.69) is 41.2 Å². The smallest absolute Gasteiger partial charge is 0.228 e. The maximum atomic E-state index is 5.39. The predicted molar refractivity (Wildman–Crippen MR) is 82.9 cm³/mol. The van der Waals surface area contributed by atoms with E-state index in [1.165, 1.54) is 0 Å². The van der Waals surface area contributed by atoms with E-state index in [0.717, 1.165) is 30.5 Å². The Labute approximate surface area is 126 Å². The molecule has 5 heteroatoms. The van der Waals surface area contributed by atoms with Gasteiger partial charge in [-0.25, -0.2) is 0 Å². The summed E-state index contributed by atoms with van der Waals surface area (Å²) in [5, 5.41) is 7.40. The Morgan fingerprint density at radius 1 is 1.33 bits per heavy atom. The summed E-state index contributed by atoms with van der Waals surface area (Å²) in [7, 11) is 1.97. The number of aryl methyl sites for hydroxylation is 1. The average molecular weight is 288 g/mol. The van der Waals surface area contributed by atoms with Gasteiger partial charge in [-0.1, -0.05) is 32.0 Å². The molecule has 0 aliphatic rings. The fourth-order valence-electron chi connectivity index (χ4n) is 2.44. The van der Waals surface area contributed by atoms with Gasteiger partial charge in [-0.2, -0.15) is 4.98 Å². The molecule has 5 nitrogen and oxygen atoms in total. The molecule has 0 aromatic carbocycles. The summed E-state index contributed by atoms with van der Waals surface area (Å²) in [4.78, 5) is 8.88. The second-order valence-corrected chi connectivity index (χ2v) is 5.70. The lowest BCUT2D eigenvalue weighted by Crippen LogP contribution is -2.29. The summed E-state index contributed by atoms with van der Waals surface area (Å²) >= 11 is 0. The summed E-state index contributed by atoms with van der Waals surface area (Å²) in [5.74, 6) is 1.88. The Morgan fingerprint density at radius 3 is 2.81 bits per heavy atom. The van der Waals surface area contributed by atoms with E-state index < -0.39 is 0 Å². The Kier molecular flexibility index (Phi) is 5.44. The van der Waals surface area contributed by atoms with Crippen molar-refractivity contribution in [3.05, 3.63) is 29.8 Å². The molecule has 114 valence electrons. The normalized spacial score (nSPS) is 12.8. The molecule has 0 saturated heterocycles. The van der Waals surface area contributed by atoms with Gasteiger partial charge in [-0.3, -0.25) is 4.98 Å². The van der Waals surface area contributed by atoms with Crippen molar-refractivity contribution in [2.45, 2.75) is 46.1 Å². The second-order valence-electron chi connectivity index (χ2n) is 5.70. The van der Waals surface area contributed by atoms with Gasteiger partial charge < -0.3 is 9.84 Å². The molecule has 0 spiro atoms. The number of hydrogen-bond donors (Lipinski definition) is 1. The topological polar surface area (TPSA) is 63.8 Å². The molecular formula is C16H24N4O. The van der Waals surface area contributed by atoms with E-state index in [9.17, 15) is 0 Å². The minimum Gasteiger partial charge on any atom is -0.339 e. The van der Waals surface area contributed by atoms with Gasteiger partial charge in [-0.05, 0) is 37.4 Å². The van der Waals surface area contributed by atoms with Crippen molar-refractivity contribution < 1.29 is 4.52 Å². The molecule has 0 saturated carbocycles. The van der Waals surface area contributed by atoms with E-state index in [4.69, 9.17) is 4.52 Å². The van der Waals surface area contributed by atoms with Crippen LogP contribution in [0.5, 0.6) is 0 Å². The molecule has 0 fully saturated rings. The van der Waals surface area contributed by atoms with E-state index in [0.29, 0.717) is 23.7 Å². The fraction of sp³-hybridized carbons (Fsp3) is 0.562. The molecule has 21 heavy (non-hydrogen) atoms. The van der Waals surface area contributed by atoms with Crippen molar-refractivity contribution in [3.8, 4) is 11.5 Å². The van der Waals surface area contributed by atoms with Crippen LogP contribution in [-0.2, 0) is 12.8 Å². The van der Waals surface area contributed by atoms with Crippen LogP contribution in [0.25, 0.3) is 11.5 Å². The van der Waals surface area contributed by atoms with Crippen LogP contribution in [-0.4, -0.2) is 28.2 Å². The van der Waals surface area contributed by atoms with Gasteiger partial charge in [-0.15, -0.1) is 0 Å². The van der Waals surface area contributed by atoms with Gasteiger partial charge in [0.25, 0.3) is 0 Å². The first kappa shape index (κ1) is 15.6. The zero-order valence-corrected chi connectivity index (χ0v) is 13.3. The minimum absolute atomic E-state index is 0.354. The number of likely N-dealkylation sites (N-methyl/N-ethyl adjacent to an activating group) is 1. The van der Waals surface area contributed by atoms with Crippen molar-refractivity contribution in [2.75, 3.05) is 7.05 Å². The molecule has 0 radical (unpaired) electrons. The number of rotatable bonds is 7. The third-order valence-electron chi connectivity index (χ3n) is 3.54. The number of pyridine rings is 1. The summed E-state index contributed by atoms with van der Waals surface area (Å²) < 4.78 is 5.39. The molecule has 1 unspecified atom stereocenters. The van der Waals surface area contributed by atoms with Crippen LogP contribution in [0.2, 0.25) is 0 Å². The van der Waals surface area contributed by atoms with E-state index in [1.54, 1.807) is 6.20 Å². The van der Waals surface area contributed by atoms with Crippen molar-refractivity contribution in [1.29, 1.82) is 0 Å². The highest BCUT2D eigenvalue weighted by Gasteiger charge is 2.17. The number of aromatic nitrogens is 3. The summed E-state index contributed by atoms with van der Waals surface area (Å²) in [6.45, 7) is 6.52. The summed E-state index contributed by atoms with van der Waals surface area (Å²) in [5.41, 5.74) is 1.96. The average Bonchev–Trinajstić information content (AvgIpc) is 2.94. The molecule has 1 atom stereocenters. The monoisotopic (exact) mass is 288 g/mol. The van der Waals surface area contributed by atoms with E-state index >= 15 is 0 Å². The summed E-state index contributed by atoms with van der Waals surface area (Å²) in [6.07, 6.45) is 4.49. The zero-order chi connectivity index (χ0) is 15.2. The van der Waals surface area contributed by atoms with E-state index in [-0.39, 0.29) is 0 Å². The van der Waals surface area contributed by atoms with Gasteiger partial charge in [0, 0.05) is 18.7 Å². The quantitative estimate of drug-likeness (QED) is 0.848. The van der Waals surface area contributed by atoms with Crippen LogP contribution in [0, 0.1) is 5.92 Å². The number of nitrogens with one attached hydrogen (secondary N) is 1. The lowest BCUT2D eigenvalue weighted by atomic mass is 10.0. The van der Waals surface area contributed by atoms with Crippen LogP contribution in [0.1, 0.15) is 38.6 Å². The third kappa shape index (κ3) is 4.11. The summed E-state index contributed by atoms with van der Waals surface area (Å²) in [6, 6.07) is 4.34. The van der Waals surface area contributed by atoms with Crippen molar-refractivity contribution >= 4 is 0 Å². The molecule has 2 aromatic rings. The SMILES string of the molecule is CCc1cccnc1-c1noc(CC(CC(C)C)NC)n1. The van der Waals surface area contributed by atoms with E-state index in [1.807, 2.05) is 19.2 Å². The van der Waals surface area contributed by atoms with Crippen molar-refractivity contribution in [2.24, 2.45) is 5.92 Å². The molecule has 1 N–H and O–H groups in total. The third-order valence-corrected chi connectivity index (χ3v) is 3.54. The minimum atomic E-state index is 0.354. The molecule has 0 bridgehead atoms. The Balaban J connectivity index is 2.14. The molecule has 0 aliphatic carbocycles. The Bertz CT molecular complexity index is 565. The lowest BCUT2D eigenvalue weighted by molar-refractivity contribution is 0.345. The first-order valence-electron chi connectivity index (χ1n) is 7.58. The van der Waals surface area contributed by atoms with Gasteiger partial charge in [0.05, 0.1) is 0 Å². The van der Waals surface area contributed by atoms with Crippen LogP contribution < -0.4 is 5.32 Å². The highest BCUT2D eigenvalue weighted by Crippen LogP contribution is 2.19. The molecule has 2 aromatic heterocycles. The maximum Gasteiger partial charge on any atom is 0.228 e. The predicted octanol–water partition coefficient (Wildman–Crippen LogP) is 2.87. The first-order chi connectivity index (χ1) is 10.1. The fourth-order valence-corrected chi connectivity index (χ4v) is 2.44. The maximum absolute atomic E-state index is 5.39. The molecular weight excluding hydrogens is 264 g/mol. The van der Waals surface area contributed by atoms with Crippen molar-refractivity contribution in [3.63, 3.8) is 0 Å². The standard InChI is InChI=1S/C16H24N4O/c1-5-12-7-6-8-18-15(12)16-19-14(21-20-16)10-13(17-4)9-11(2)3/h6-8,11,13,17H,5,9-10H2,1-4H3. The van der Waals surface area contributed by atoms with Crippen LogP contribution in [0.4, 0.5) is 0 Å². The Hall–Kier alpha value is -1.75. The molecule has 0 amide bonds. The van der Waals surface area contributed by atoms with Gasteiger partial charge in [0.1, 0.15) is 5.69 Å². The van der Waals surface area contributed by atoms with Gasteiger partial charge >= 0.3 is 0 Å².